The molecule has 0 unspecified atom stereocenters. The Morgan fingerprint density at radius 1 is 1.48 bits per heavy atom. The van der Waals surface area contributed by atoms with Crippen molar-refractivity contribution >= 4 is 17.5 Å². The molecule has 3 heterocycles. The Kier molecular flexibility index (Phi) is 4.63. The fraction of sp³-hybridized carbons (Fsp3) is 0.571. The molecule has 1 aliphatic rings. The fourth-order valence-electron chi connectivity index (χ4n) is 2.46. The molecule has 0 saturated carbocycles. The van der Waals surface area contributed by atoms with Gasteiger partial charge in [0, 0.05) is 13.2 Å². The smallest absolute Gasteiger partial charge is 0.316 e. The van der Waals surface area contributed by atoms with E-state index in [0.717, 1.165) is 30.8 Å². The number of nitrogens with one attached hydrogen (secondary N) is 1. The molecule has 3 rings (SSSR count). The van der Waals surface area contributed by atoms with Gasteiger partial charge in [-0.15, -0.1) is 0 Å². The Bertz CT molecular complexity index is 705. The summed E-state index contributed by atoms with van der Waals surface area (Å²) >= 11 is 6.10. The zero-order valence-electron chi connectivity index (χ0n) is 13.0. The van der Waals surface area contributed by atoms with E-state index in [1.165, 1.54) is 0 Å². The van der Waals surface area contributed by atoms with E-state index in [1.54, 1.807) is 4.68 Å². The summed E-state index contributed by atoms with van der Waals surface area (Å²) in [5.74, 6) is -0.0918. The van der Waals surface area contributed by atoms with Crippen molar-refractivity contribution in [3.8, 4) is 0 Å². The summed E-state index contributed by atoms with van der Waals surface area (Å²) in [5.41, 5.74) is 1.56. The van der Waals surface area contributed by atoms with Crippen LogP contribution in [0.5, 0.6) is 0 Å². The lowest BCUT2D eigenvalue weighted by Gasteiger charge is -2.08. The third kappa shape index (κ3) is 3.53. The third-order valence-corrected chi connectivity index (χ3v) is 4.31. The normalized spacial score (nSPS) is 17.6. The molecule has 1 atom stereocenters. The van der Waals surface area contributed by atoms with Crippen molar-refractivity contribution in [1.82, 2.24) is 25.2 Å². The molecule has 23 heavy (non-hydrogen) atoms. The van der Waals surface area contributed by atoms with Crippen LogP contribution in [0.1, 0.15) is 40.7 Å². The van der Waals surface area contributed by atoms with Gasteiger partial charge in [-0.25, -0.2) is 0 Å². The molecule has 0 aromatic carbocycles. The molecular formula is C14H18ClN5O3. The Hall–Kier alpha value is -1.93. The molecule has 0 bridgehead atoms. The molecule has 2 aromatic rings. The Morgan fingerprint density at radius 2 is 2.30 bits per heavy atom. The number of ether oxygens (including phenoxy) is 1. The van der Waals surface area contributed by atoms with Gasteiger partial charge in [-0.05, 0) is 26.7 Å². The molecule has 9 heteroatoms. The first-order chi connectivity index (χ1) is 11.0. The van der Waals surface area contributed by atoms with Crippen molar-refractivity contribution < 1.29 is 14.1 Å². The van der Waals surface area contributed by atoms with Crippen LogP contribution in [0.4, 0.5) is 0 Å². The van der Waals surface area contributed by atoms with Gasteiger partial charge in [-0.2, -0.15) is 10.1 Å². The minimum atomic E-state index is -0.398. The molecule has 0 aliphatic carbocycles. The van der Waals surface area contributed by atoms with Crippen LogP contribution >= 0.6 is 11.6 Å². The van der Waals surface area contributed by atoms with E-state index in [2.05, 4.69) is 20.6 Å². The number of aryl methyl sites for hydroxylation is 1. The number of halogens is 1. The molecule has 124 valence electrons. The minimum Gasteiger partial charge on any atom is -0.376 e. The summed E-state index contributed by atoms with van der Waals surface area (Å²) in [5, 5.41) is 11.5. The number of rotatable bonds is 5. The highest BCUT2D eigenvalue weighted by atomic mass is 35.5. The summed E-state index contributed by atoms with van der Waals surface area (Å²) in [6.45, 7) is 5.17. The van der Waals surface area contributed by atoms with Gasteiger partial charge >= 0.3 is 11.8 Å². The first-order valence-electron chi connectivity index (χ1n) is 7.46. The van der Waals surface area contributed by atoms with Crippen molar-refractivity contribution in [2.75, 3.05) is 13.2 Å². The predicted molar refractivity (Wildman–Crippen MR) is 81.4 cm³/mol. The van der Waals surface area contributed by atoms with E-state index >= 15 is 0 Å². The summed E-state index contributed by atoms with van der Waals surface area (Å²) in [4.78, 5) is 16.1. The molecule has 1 saturated heterocycles. The number of hydrogen-bond acceptors (Lipinski definition) is 6. The van der Waals surface area contributed by atoms with Gasteiger partial charge in [0.1, 0.15) is 6.54 Å². The molecule has 1 N–H and O–H groups in total. The monoisotopic (exact) mass is 339 g/mol. The zero-order chi connectivity index (χ0) is 16.4. The molecular weight excluding hydrogens is 322 g/mol. The second kappa shape index (κ2) is 6.67. The van der Waals surface area contributed by atoms with E-state index in [9.17, 15) is 4.79 Å². The second-order valence-corrected chi connectivity index (χ2v) is 5.88. The first-order valence-corrected chi connectivity index (χ1v) is 7.84. The molecule has 2 aromatic heterocycles. The molecule has 1 fully saturated rings. The van der Waals surface area contributed by atoms with Crippen LogP contribution in [0.25, 0.3) is 0 Å². The third-order valence-electron chi connectivity index (χ3n) is 3.76. The predicted octanol–water partition coefficient (Wildman–Crippen LogP) is 1.49. The Balaban J connectivity index is 1.60. The SMILES string of the molecule is Cc1nn(Cc2noc(C(=O)NC[C@@H]3CCCO3)n2)c(C)c1Cl. The van der Waals surface area contributed by atoms with Crippen LogP contribution in [0.15, 0.2) is 4.52 Å². The number of nitrogens with zero attached hydrogens (tertiary/aromatic N) is 4. The van der Waals surface area contributed by atoms with Gasteiger partial charge in [-0.1, -0.05) is 16.8 Å². The maximum absolute atomic E-state index is 12.0. The average molecular weight is 340 g/mol. The minimum absolute atomic E-state index is 0.0642. The molecule has 1 aliphatic heterocycles. The van der Waals surface area contributed by atoms with Crippen LogP contribution < -0.4 is 5.32 Å². The number of carbonyl (C=O) groups excluding carboxylic acids is 1. The number of hydrogen-bond donors (Lipinski definition) is 1. The standard InChI is InChI=1S/C14H18ClN5O3/c1-8-12(15)9(2)20(18-8)7-11-17-14(23-19-11)13(21)16-6-10-4-3-5-22-10/h10H,3-7H2,1-2H3,(H,16,21)/t10-/m0/s1. The zero-order valence-corrected chi connectivity index (χ0v) is 13.8. The van der Waals surface area contributed by atoms with E-state index < -0.39 is 5.91 Å². The molecule has 8 nitrogen and oxygen atoms in total. The van der Waals surface area contributed by atoms with Crippen molar-refractivity contribution in [1.29, 1.82) is 0 Å². The van der Waals surface area contributed by atoms with Crippen molar-refractivity contribution in [2.24, 2.45) is 0 Å². The van der Waals surface area contributed by atoms with Gasteiger partial charge in [0.15, 0.2) is 5.82 Å². The van der Waals surface area contributed by atoms with Crippen LogP contribution in [0.2, 0.25) is 5.02 Å². The van der Waals surface area contributed by atoms with Crippen LogP contribution in [0, 0.1) is 13.8 Å². The van der Waals surface area contributed by atoms with Crippen LogP contribution in [-0.4, -0.2) is 45.1 Å². The Labute approximate surface area is 138 Å². The van der Waals surface area contributed by atoms with Crippen molar-refractivity contribution in [3.63, 3.8) is 0 Å². The molecule has 0 radical (unpaired) electrons. The van der Waals surface area contributed by atoms with Gasteiger partial charge in [-0.3, -0.25) is 9.48 Å². The maximum Gasteiger partial charge on any atom is 0.316 e. The topological polar surface area (TPSA) is 95.1 Å². The average Bonchev–Trinajstić information content (AvgIpc) is 3.25. The van der Waals surface area contributed by atoms with Gasteiger partial charge in [0.05, 0.1) is 22.5 Å². The summed E-state index contributed by atoms with van der Waals surface area (Å²) < 4.78 is 12.1. The van der Waals surface area contributed by atoms with E-state index in [1.807, 2.05) is 13.8 Å². The summed E-state index contributed by atoms with van der Waals surface area (Å²) in [7, 11) is 0. The largest absolute Gasteiger partial charge is 0.376 e. The van der Waals surface area contributed by atoms with Crippen molar-refractivity contribution in [2.45, 2.75) is 39.3 Å². The van der Waals surface area contributed by atoms with E-state index in [4.69, 9.17) is 20.9 Å². The number of aromatic nitrogens is 4. The van der Waals surface area contributed by atoms with Gasteiger partial charge < -0.3 is 14.6 Å². The lowest BCUT2D eigenvalue weighted by Crippen LogP contribution is -2.31. The summed E-state index contributed by atoms with van der Waals surface area (Å²) in [6, 6.07) is 0. The highest BCUT2D eigenvalue weighted by molar-refractivity contribution is 6.31. The number of carbonyl (C=O) groups is 1. The first kappa shape index (κ1) is 15.9. The van der Waals surface area contributed by atoms with Crippen LogP contribution in [-0.2, 0) is 11.3 Å². The van der Waals surface area contributed by atoms with E-state index in [0.29, 0.717) is 23.9 Å². The quantitative estimate of drug-likeness (QED) is 0.886. The summed E-state index contributed by atoms with van der Waals surface area (Å²) in [6.07, 6.45) is 2.04. The van der Waals surface area contributed by atoms with Crippen LogP contribution in [0.3, 0.4) is 0 Å². The fourth-order valence-corrected chi connectivity index (χ4v) is 2.60. The lowest BCUT2D eigenvalue weighted by molar-refractivity contribution is 0.0822. The van der Waals surface area contributed by atoms with Crippen molar-refractivity contribution in [3.05, 3.63) is 28.1 Å². The molecule has 0 spiro atoms. The van der Waals surface area contributed by atoms with Gasteiger partial charge in [0.25, 0.3) is 0 Å². The second-order valence-electron chi connectivity index (χ2n) is 5.50. The van der Waals surface area contributed by atoms with Gasteiger partial charge in [0.2, 0.25) is 0 Å². The van der Waals surface area contributed by atoms with E-state index in [-0.39, 0.29) is 12.0 Å². The Morgan fingerprint density at radius 3 is 2.96 bits per heavy atom. The highest BCUT2D eigenvalue weighted by Crippen LogP contribution is 2.19. The maximum atomic E-state index is 12.0. The molecule has 1 amide bonds. The number of amides is 1. The lowest BCUT2D eigenvalue weighted by atomic mass is 10.2. The highest BCUT2D eigenvalue weighted by Gasteiger charge is 2.20.